The van der Waals surface area contributed by atoms with Gasteiger partial charge in [-0.2, -0.15) is 0 Å². The topological polar surface area (TPSA) is 30.5 Å². The molecule has 0 saturated carbocycles. The van der Waals surface area contributed by atoms with Gasteiger partial charge in [-0.3, -0.25) is 0 Å². The van der Waals surface area contributed by atoms with Crippen LogP contribution in [-0.4, -0.2) is 21.0 Å². The van der Waals surface area contributed by atoms with Gasteiger partial charge in [-0.05, 0) is 41.9 Å². The molecule has 2 aromatic carbocycles. The number of hydrogen-bond acceptors (Lipinski definition) is 3. The zero-order valence-electron chi connectivity index (χ0n) is 16.2. The SMILES string of the molecule is CNCc1ccccc1Pc1cc(C)cc(C(C)(C)C)c1OCOC. The van der Waals surface area contributed by atoms with Gasteiger partial charge in [-0.1, -0.05) is 59.7 Å². The Bertz CT molecular complexity index is 708. The summed E-state index contributed by atoms with van der Waals surface area (Å²) in [6.45, 7) is 9.97. The van der Waals surface area contributed by atoms with Gasteiger partial charge in [0.1, 0.15) is 5.75 Å². The number of hydrogen-bond donors (Lipinski definition) is 1. The van der Waals surface area contributed by atoms with Gasteiger partial charge in [0.05, 0.1) is 0 Å². The molecule has 0 heterocycles. The van der Waals surface area contributed by atoms with Crippen molar-refractivity contribution in [3.63, 3.8) is 0 Å². The molecule has 0 aliphatic heterocycles. The van der Waals surface area contributed by atoms with E-state index in [0.717, 1.165) is 12.3 Å². The third-order valence-corrected chi connectivity index (χ3v) is 5.41. The fourth-order valence-electron chi connectivity index (χ4n) is 2.83. The monoisotopic (exact) mass is 359 g/mol. The van der Waals surface area contributed by atoms with E-state index in [1.807, 2.05) is 7.05 Å². The maximum absolute atomic E-state index is 6.04. The first-order valence-corrected chi connectivity index (χ1v) is 9.63. The number of rotatable bonds is 7. The molecule has 0 aromatic heterocycles. The van der Waals surface area contributed by atoms with Crippen molar-refractivity contribution in [2.75, 3.05) is 21.0 Å². The molecule has 1 unspecified atom stereocenters. The summed E-state index contributed by atoms with van der Waals surface area (Å²) in [7, 11) is 4.19. The molecule has 1 atom stereocenters. The molecule has 0 saturated heterocycles. The first-order chi connectivity index (χ1) is 11.9. The minimum Gasteiger partial charge on any atom is -0.467 e. The van der Waals surface area contributed by atoms with Gasteiger partial charge in [0.15, 0.2) is 6.79 Å². The zero-order valence-corrected chi connectivity index (χ0v) is 17.2. The molecular weight excluding hydrogens is 329 g/mol. The van der Waals surface area contributed by atoms with Crippen LogP contribution in [0.3, 0.4) is 0 Å². The van der Waals surface area contributed by atoms with Crippen molar-refractivity contribution in [2.24, 2.45) is 0 Å². The highest BCUT2D eigenvalue weighted by molar-refractivity contribution is 7.55. The Kier molecular flexibility index (Phi) is 7.01. The Hall–Kier alpha value is -1.41. The summed E-state index contributed by atoms with van der Waals surface area (Å²) in [5, 5.41) is 5.85. The van der Waals surface area contributed by atoms with Crippen LogP contribution < -0.4 is 20.7 Å². The molecule has 2 aromatic rings. The molecule has 0 bridgehead atoms. The smallest absolute Gasteiger partial charge is 0.188 e. The lowest BCUT2D eigenvalue weighted by atomic mass is 9.85. The van der Waals surface area contributed by atoms with E-state index in [0.29, 0.717) is 8.58 Å². The third-order valence-electron chi connectivity index (χ3n) is 4.02. The van der Waals surface area contributed by atoms with Crippen molar-refractivity contribution in [3.05, 3.63) is 53.1 Å². The van der Waals surface area contributed by atoms with E-state index in [1.54, 1.807) is 7.11 Å². The Morgan fingerprint density at radius 2 is 1.80 bits per heavy atom. The molecule has 0 radical (unpaired) electrons. The molecule has 4 heteroatoms. The van der Waals surface area contributed by atoms with Crippen LogP contribution in [-0.2, 0) is 16.7 Å². The van der Waals surface area contributed by atoms with Crippen LogP contribution in [0.1, 0.15) is 37.5 Å². The quantitative estimate of drug-likeness (QED) is 0.605. The van der Waals surface area contributed by atoms with Gasteiger partial charge >= 0.3 is 0 Å². The van der Waals surface area contributed by atoms with Gasteiger partial charge in [0.2, 0.25) is 0 Å². The maximum atomic E-state index is 6.04. The lowest BCUT2D eigenvalue weighted by molar-refractivity contribution is 0.0506. The first kappa shape index (κ1) is 19.9. The fourth-order valence-corrected chi connectivity index (χ4v) is 4.25. The molecule has 0 aliphatic rings. The molecule has 2 rings (SSSR count). The summed E-state index contributed by atoms with van der Waals surface area (Å²) in [5.74, 6) is 0.970. The van der Waals surface area contributed by atoms with Crippen LogP contribution in [0.4, 0.5) is 0 Å². The van der Waals surface area contributed by atoms with E-state index >= 15 is 0 Å². The zero-order chi connectivity index (χ0) is 18.4. The normalized spacial score (nSPS) is 12.1. The van der Waals surface area contributed by atoms with Crippen LogP contribution >= 0.6 is 8.58 Å². The maximum Gasteiger partial charge on any atom is 0.188 e. The highest BCUT2D eigenvalue weighted by Gasteiger charge is 2.23. The van der Waals surface area contributed by atoms with Crippen molar-refractivity contribution < 1.29 is 9.47 Å². The van der Waals surface area contributed by atoms with Crippen molar-refractivity contribution in [2.45, 2.75) is 39.7 Å². The standard InChI is InChI=1S/C21H30NO2P/c1-15-11-17(21(2,3)4)20(24-14-23-6)19(12-15)25-18-10-8-7-9-16(18)13-22-5/h7-12,22,25H,13-14H2,1-6H3. The van der Waals surface area contributed by atoms with E-state index in [9.17, 15) is 0 Å². The average molecular weight is 359 g/mol. The Balaban J connectivity index is 2.51. The summed E-state index contributed by atoms with van der Waals surface area (Å²) in [6, 6.07) is 13.1. The molecule has 0 aliphatic carbocycles. The second-order valence-corrected chi connectivity index (χ2v) is 8.63. The predicted octanol–water partition coefficient (Wildman–Crippen LogP) is 3.62. The highest BCUT2D eigenvalue weighted by Crippen LogP contribution is 2.34. The van der Waals surface area contributed by atoms with Crippen LogP contribution in [0.25, 0.3) is 0 Å². The van der Waals surface area contributed by atoms with Gasteiger partial charge in [-0.25, -0.2) is 0 Å². The van der Waals surface area contributed by atoms with Gasteiger partial charge < -0.3 is 14.8 Å². The molecule has 0 spiro atoms. The van der Waals surface area contributed by atoms with Crippen molar-refractivity contribution >= 4 is 19.2 Å². The molecule has 25 heavy (non-hydrogen) atoms. The van der Waals surface area contributed by atoms with Crippen molar-refractivity contribution in [1.29, 1.82) is 0 Å². The lowest BCUT2D eigenvalue weighted by Crippen LogP contribution is -2.21. The Labute approximate surface area is 153 Å². The highest BCUT2D eigenvalue weighted by atomic mass is 31.1. The van der Waals surface area contributed by atoms with Gasteiger partial charge in [0.25, 0.3) is 0 Å². The molecule has 136 valence electrons. The minimum atomic E-state index is 0.0127. The van der Waals surface area contributed by atoms with E-state index < -0.39 is 0 Å². The minimum absolute atomic E-state index is 0.0127. The largest absolute Gasteiger partial charge is 0.467 e. The van der Waals surface area contributed by atoms with Crippen LogP contribution in [0.5, 0.6) is 5.75 Å². The lowest BCUT2D eigenvalue weighted by Gasteiger charge is -2.26. The van der Waals surface area contributed by atoms with Crippen LogP contribution in [0.15, 0.2) is 36.4 Å². The predicted molar refractivity (Wildman–Crippen MR) is 109 cm³/mol. The Morgan fingerprint density at radius 1 is 1.08 bits per heavy atom. The van der Waals surface area contributed by atoms with Crippen LogP contribution in [0, 0.1) is 6.92 Å². The molecular formula is C21H30NO2P. The number of aryl methyl sites for hydroxylation is 1. The summed E-state index contributed by atoms with van der Waals surface area (Å²) in [5.41, 5.74) is 3.85. The molecule has 0 fully saturated rings. The first-order valence-electron chi connectivity index (χ1n) is 8.63. The molecule has 3 nitrogen and oxygen atoms in total. The Morgan fingerprint density at radius 3 is 2.44 bits per heavy atom. The van der Waals surface area contributed by atoms with Crippen molar-refractivity contribution in [3.8, 4) is 5.75 Å². The van der Waals surface area contributed by atoms with E-state index in [1.165, 1.54) is 27.3 Å². The second kappa shape index (κ2) is 8.80. The number of nitrogens with one attached hydrogen (secondary N) is 1. The average Bonchev–Trinajstić information content (AvgIpc) is 2.55. The number of methoxy groups -OCH3 is 1. The van der Waals surface area contributed by atoms with Gasteiger partial charge in [0, 0.05) is 24.5 Å². The molecule has 1 N–H and O–H groups in total. The van der Waals surface area contributed by atoms with E-state index in [-0.39, 0.29) is 12.2 Å². The summed E-state index contributed by atoms with van der Waals surface area (Å²) in [6.07, 6.45) is 0. The summed E-state index contributed by atoms with van der Waals surface area (Å²) < 4.78 is 11.2. The second-order valence-electron chi connectivity index (χ2n) is 7.30. The summed E-state index contributed by atoms with van der Waals surface area (Å²) >= 11 is 0. The van der Waals surface area contributed by atoms with E-state index in [4.69, 9.17) is 9.47 Å². The van der Waals surface area contributed by atoms with E-state index in [2.05, 4.69) is 69.4 Å². The van der Waals surface area contributed by atoms with Crippen LogP contribution in [0.2, 0.25) is 0 Å². The van der Waals surface area contributed by atoms with Crippen molar-refractivity contribution in [1.82, 2.24) is 5.32 Å². The third kappa shape index (κ3) is 5.28. The number of benzene rings is 2. The number of ether oxygens (including phenoxy) is 2. The van der Waals surface area contributed by atoms with Gasteiger partial charge in [-0.15, -0.1) is 0 Å². The fraction of sp³-hybridized carbons (Fsp3) is 0.429. The summed E-state index contributed by atoms with van der Waals surface area (Å²) in [4.78, 5) is 0. The molecule has 0 amide bonds.